The van der Waals surface area contributed by atoms with Crippen LogP contribution in [0.15, 0.2) is 0 Å². The van der Waals surface area contributed by atoms with Gasteiger partial charge in [0.1, 0.15) is 0 Å². The highest BCUT2D eigenvalue weighted by atomic mass is 32.2. The van der Waals surface area contributed by atoms with Crippen molar-refractivity contribution in [3.05, 3.63) is 0 Å². The van der Waals surface area contributed by atoms with Crippen LogP contribution in [-0.2, 0) is 4.79 Å². The van der Waals surface area contributed by atoms with Gasteiger partial charge < -0.3 is 11.1 Å². The van der Waals surface area contributed by atoms with Crippen LogP contribution in [0.5, 0.6) is 0 Å². The highest BCUT2D eigenvalue weighted by Gasteiger charge is 2.32. The van der Waals surface area contributed by atoms with E-state index in [0.717, 1.165) is 25.0 Å². The largest absolute Gasteiger partial charge is 0.401 e. The summed E-state index contributed by atoms with van der Waals surface area (Å²) in [5.74, 6) is 1.10. The third-order valence-corrected chi connectivity index (χ3v) is 4.58. The molecule has 3 N–H and O–H groups in total. The van der Waals surface area contributed by atoms with E-state index in [2.05, 4.69) is 5.32 Å². The quantitative estimate of drug-likeness (QED) is 0.707. The molecule has 0 aromatic carbocycles. The van der Waals surface area contributed by atoms with Crippen molar-refractivity contribution in [2.45, 2.75) is 37.9 Å². The summed E-state index contributed by atoms with van der Waals surface area (Å²) >= 11 is 1.65. The van der Waals surface area contributed by atoms with Gasteiger partial charge in [-0.05, 0) is 56.7 Å². The number of halogens is 3. The van der Waals surface area contributed by atoms with Gasteiger partial charge in [-0.15, -0.1) is 0 Å². The monoisotopic (exact) mass is 341 g/mol. The molecule has 4 nitrogen and oxygen atoms in total. The molecule has 130 valence electrons. The van der Waals surface area contributed by atoms with Crippen LogP contribution in [0.4, 0.5) is 13.2 Å². The standard InChI is InChI=1S/C14H26F3N3OS/c1-22-9-5-12(18)13(21)19-6-2-11-3-7-20(8-4-11)10-14(15,16)17/h11-12H,2-10,18H2,1H3,(H,19,21)/t12-/m0/s1. The Kier molecular flexibility index (Phi) is 8.56. The zero-order valence-corrected chi connectivity index (χ0v) is 13.8. The number of nitrogens with one attached hydrogen (secondary N) is 1. The third kappa shape index (κ3) is 8.24. The minimum absolute atomic E-state index is 0.136. The molecule has 0 aromatic rings. The fraction of sp³-hybridized carbons (Fsp3) is 0.929. The number of likely N-dealkylation sites (tertiary alicyclic amines) is 1. The van der Waals surface area contributed by atoms with E-state index in [9.17, 15) is 18.0 Å². The molecular formula is C14H26F3N3OS. The number of hydrogen-bond donors (Lipinski definition) is 2. The lowest BCUT2D eigenvalue weighted by molar-refractivity contribution is -0.148. The maximum absolute atomic E-state index is 12.3. The number of carbonyl (C=O) groups excluding carboxylic acids is 1. The molecule has 0 radical (unpaired) electrons. The number of nitrogens with two attached hydrogens (primary N) is 1. The molecular weight excluding hydrogens is 315 g/mol. The van der Waals surface area contributed by atoms with Crippen molar-refractivity contribution in [2.75, 3.05) is 38.2 Å². The van der Waals surface area contributed by atoms with Crippen LogP contribution in [0, 0.1) is 5.92 Å². The van der Waals surface area contributed by atoms with Crippen molar-refractivity contribution in [3.8, 4) is 0 Å². The molecule has 8 heteroatoms. The molecule has 1 fully saturated rings. The van der Waals surface area contributed by atoms with Crippen LogP contribution in [0.1, 0.15) is 25.7 Å². The summed E-state index contributed by atoms with van der Waals surface area (Å²) in [5, 5.41) is 2.82. The van der Waals surface area contributed by atoms with Crippen LogP contribution in [-0.4, -0.2) is 61.2 Å². The van der Waals surface area contributed by atoms with Gasteiger partial charge in [0.25, 0.3) is 0 Å². The van der Waals surface area contributed by atoms with E-state index in [0.29, 0.717) is 32.0 Å². The molecule has 1 heterocycles. The number of alkyl halides is 3. The Balaban J connectivity index is 2.13. The minimum Gasteiger partial charge on any atom is -0.355 e. The van der Waals surface area contributed by atoms with Crippen molar-refractivity contribution in [2.24, 2.45) is 11.7 Å². The average molecular weight is 341 g/mol. The summed E-state index contributed by atoms with van der Waals surface area (Å²) in [6.07, 6.45) is 0.822. The number of amides is 1. The van der Waals surface area contributed by atoms with E-state index in [-0.39, 0.29) is 5.91 Å². The Morgan fingerprint density at radius 3 is 2.59 bits per heavy atom. The van der Waals surface area contributed by atoms with Gasteiger partial charge in [0.2, 0.25) is 5.91 Å². The van der Waals surface area contributed by atoms with E-state index >= 15 is 0 Å². The zero-order chi connectivity index (χ0) is 16.6. The van der Waals surface area contributed by atoms with Gasteiger partial charge in [-0.1, -0.05) is 0 Å². The predicted molar refractivity (Wildman–Crippen MR) is 83.8 cm³/mol. The summed E-state index contributed by atoms with van der Waals surface area (Å²) in [6, 6.07) is -0.471. The van der Waals surface area contributed by atoms with E-state index < -0.39 is 18.8 Å². The smallest absolute Gasteiger partial charge is 0.355 e. The topological polar surface area (TPSA) is 58.4 Å². The van der Waals surface area contributed by atoms with Gasteiger partial charge in [-0.25, -0.2) is 0 Å². The Morgan fingerprint density at radius 2 is 2.05 bits per heavy atom. The number of piperidine rings is 1. The first-order valence-electron chi connectivity index (χ1n) is 7.63. The maximum Gasteiger partial charge on any atom is 0.401 e. The molecule has 1 aliphatic heterocycles. The summed E-state index contributed by atoms with van der Waals surface area (Å²) in [7, 11) is 0. The fourth-order valence-corrected chi connectivity index (χ4v) is 3.08. The average Bonchev–Trinajstić information content (AvgIpc) is 2.44. The molecule has 0 bridgehead atoms. The van der Waals surface area contributed by atoms with Crippen LogP contribution in [0.2, 0.25) is 0 Å². The third-order valence-electron chi connectivity index (χ3n) is 3.93. The van der Waals surface area contributed by atoms with Gasteiger partial charge in [-0.3, -0.25) is 9.69 Å². The molecule has 0 spiro atoms. The van der Waals surface area contributed by atoms with Gasteiger partial charge in [0.15, 0.2) is 0 Å². The van der Waals surface area contributed by atoms with Crippen molar-refractivity contribution in [1.29, 1.82) is 0 Å². The van der Waals surface area contributed by atoms with E-state index in [1.807, 2.05) is 6.26 Å². The predicted octanol–water partition coefficient (Wildman–Crippen LogP) is 1.85. The SMILES string of the molecule is CSCC[C@H](N)C(=O)NCCC1CCN(CC(F)(F)F)CC1. The van der Waals surface area contributed by atoms with Crippen molar-refractivity contribution in [1.82, 2.24) is 10.2 Å². The van der Waals surface area contributed by atoms with Crippen LogP contribution in [0.3, 0.4) is 0 Å². The highest BCUT2D eigenvalue weighted by molar-refractivity contribution is 7.98. The minimum atomic E-state index is -4.12. The van der Waals surface area contributed by atoms with E-state index in [1.54, 1.807) is 11.8 Å². The van der Waals surface area contributed by atoms with Crippen LogP contribution in [0.25, 0.3) is 0 Å². The molecule has 22 heavy (non-hydrogen) atoms. The van der Waals surface area contributed by atoms with Crippen LogP contribution >= 0.6 is 11.8 Å². The summed E-state index contributed by atoms with van der Waals surface area (Å²) < 4.78 is 36.9. The Bertz CT molecular complexity index is 334. The number of thioether (sulfide) groups is 1. The Hall–Kier alpha value is -0.470. The first-order valence-corrected chi connectivity index (χ1v) is 9.02. The zero-order valence-electron chi connectivity index (χ0n) is 13.0. The maximum atomic E-state index is 12.3. The van der Waals surface area contributed by atoms with Crippen molar-refractivity contribution < 1.29 is 18.0 Å². The van der Waals surface area contributed by atoms with Gasteiger partial charge in [-0.2, -0.15) is 24.9 Å². The number of nitrogens with zero attached hydrogens (tertiary/aromatic N) is 1. The van der Waals surface area contributed by atoms with Crippen LogP contribution < -0.4 is 11.1 Å². The second kappa shape index (κ2) is 9.62. The summed E-state index contributed by atoms with van der Waals surface area (Å²) in [4.78, 5) is 13.2. The van der Waals surface area contributed by atoms with Crippen molar-refractivity contribution >= 4 is 17.7 Å². The van der Waals surface area contributed by atoms with Gasteiger partial charge in [0, 0.05) is 6.54 Å². The first-order chi connectivity index (χ1) is 10.3. The second-order valence-corrected chi connectivity index (χ2v) is 6.79. The van der Waals surface area contributed by atoms with E-state index in [1.165, 1.54) is 4.90 Å². The van der Waals surface area contributed by atoms with Gasteiger partial charge in [0.05, 0.1) is 12.6 Å². The number of carbonyl (C=O) groups is 1. The molecule has 1 saturated heterocycles. The highest BCUT2D eigenvalue weighted by Crippen LogP contribution is 2.23. The molecule has 0 saturated carbocycles. The number of rotatable bonds is 8. The number of hydrogen-bond acceptors (Lipinski definition) is 4. The summed E-state index contributed by atoms with van der Waals surface area (Å²) in [6.45, 7) is 0.688. The Morgan fingerprint density at radius 1 is 1.41 bits per heavy atom. The normalized spacial score (nSPS) is 19.1. The molecule has 0 unspecified atom stereocenters. The lowest BCUT2D eigenvalue weighted by atomic mass is 9.93. The summed E-state index contributed by atoms with van der Waals surface area (Å²) in [5.41, 5.74) is 5.76. The lowest BCUT2D eigenvalue weighted by Crippen LogP contribution is -2.43. The molecule has 1 aliphatic rings. The first kappa shape index (κ1) is 19.6. The molecule has 1 atom stereocenters. The van der Waals surface area contributed by atoms with E-state index in [4.69, 9.17) is 5.73 Å². The van der Waals surface area contributed by atoms with Gasteiger partial charge >= 0.3 is 6.18 Å². The van der Waals surface area contributed by atoms with Crippen molar-refractivity contribution in [3.63, 3.8) is 0 Å². The fourth-order valence-electron chi connectivity index (χ4n) is 2.59. The Labute approximate surface area is 134 Å². The molecule has 0 aliphatic carbocycles. The molecule has 0 aromatic heterocycles. The second-order valence-electron chi connectivity index (χ2n) is 5.80. The molecule has 1 rings (SSSR count). The lowest BCUT2D eigenvalue weighted by Gasteiger charge is -2.32. The molecule has 1 amide bonds.